The van der Waals surface area contributed by atoms with Crippen LogP contribution in [0.5, 0.6) is 0 Å². The average molecular weight is 236 g/mol. The van der Waals surface area contributed by atoms with Crippen LogP contribution in [0.4, 0.5) is 0 Å². The molecule has 2 aliphatic rings. The quantitative estimate of drug-likeness (QED) is 0.368. The zero-order chi connectivity index (χ0) is 8.23. The molecular formula is C4H4N4S4. The van der Waals surface area contributed by atoms with Crippen LogP contribution >= 0.6 is 43.5 Å². The van der Waals surface area contributed by atoms with Crippen LogP contribution in [0.25, 0.3) is 0 Å². The molecule has 0 aromatic heterocycles. The fraction of sp³-hybridized carbons (Fsp3) is 0.500. The number of rotatable bonds is 0. The first-order valence-electron chi connectivity index (χ1n) is 3.08. The maximum atomic E-state index is 4.06. The maximum Gasteiger partial charge on any atom is 0.170 e. The number of nitrogens with zero attached hydrogens (tertiary/aromatic N) is 4. The third-order valence-corrected chi connectivity index (χ3v) is 4.37. The highest BCUT2D eigenvalue weighted by Gasteiger charge is 2.09. The SMILES string of the molecule is C1SSN=C1N=NC1=NSSC1. The summed E-state index contributed by atoms with van der Waals surface area (Å²) >= 11 is 0. The van der Waals surface area contributed by atoms with E-state index in [1.807, 2.05) is 0 Å². The molecule has 2 heterocycles. The van der Waals surface area contributed by atoms with Gasteiger partial charge in [-0.3, -0.25) is 0 Å². The first-order valence-corrected chi connectivity index (χ1v) is 7.63. The smallest absolute Gasteiger partial charge is 0.170 e. The van der Waals surface area contributed by atoms with Crippen molar-refractivity contribution in [2.75, 3.05) is 11.5 Å². The van der Waals surface area contributed by atoms with Crippen molar-refractivity contribution in [3.63, 3.8) is 0 Å². The van der Waals surface area contributed by atoms with E-state index < -0.39 is 0 Å². The summed E-state index contributed by atoms with van der Waals surface area (Å²) in [6.45, 7) is 0. The Morgan fingerprint density at radius 1 is 0.917 bits per heavy atom. The van der Waals surface area contributed by atoms with E-state index in [9.17, 15) is 0 Å². The lowest BCUT2D eigenvalue weighted by molar-refractivity contribution is 1.31. The standard InChI is InChI=1S/C4H4N4S4/c1-3(7-11-9-1)5-6-4-2-10-12-8-4/h1-2H2. The minimum absolute atomic E-state index is 0.801. The fourth-order valence-corrected chi connectivity index (χ4v) is 3.54. The van der Waals surface area contributed by atoms with Crippen molar-refractivity contribution in [3.8, 4) is 0 Å². The summed E-state index contributed by atoms with van der Waals surface area (Å²) in [7, 11) is 6.28. The number of hydrogen-bond donors (Lipinski definition) is 0. The number of hydrogen-bond acceptors (Lipinski definition) is 8. The van der Waals surface area contributed by atoms with Gasteiger partial charge >= 0.3 is 0 Å². The first kappa shape index (κ1) is 8.92. The molecule has 0 aliphatic carbocycles. The molecule has 0 aromatic carbocycles. The van der Waals surface area contributed by atoms with E-state index in [0.717, 1.165) is 23.2 Å². The molecule has 0 aromatic rings. The Morgan fingerprint density at radius 3 is 1.75 bits per heavy atom. The molecule has 4 nitrogen and oxygen atoms in total. The van der Waals surface area contributed by atoms with E-state index in [2.05, 4.69) is 19.0 Å². The Bertz CT molecular complexity index is 234. The molecule has 0 radical (unpaired) electrons. The highest BCUT2D eigenvalue weighted by atomic mass is 33.1. The summed E-state index contributed by atoms with van der Waals surface area (Å²) in [6.07, 6.45) is 0. The van der Waals surface area contributed by atoms with Crippen molar-refractivity contribution < 1.29 is 0 Å². The third-order valence-electron chi connectivity index (χ3n) is 1.05. The molecule has 0 amide bonds. The molecule has 8 heteroatoms. The predicted molar refractivity (Wildman–Crippen MR) is 59.8 cm³/mol. The molecule has 0 spiro atoms. The van der Waals surface area contributed by atoms with E-state index in [0.29, 0.717) is 0 Å². The summed E-state index contributed by atoms with van der Waals surface area (Å²) in [5.41, 5.74) is 0. The molecule has 0 saturated heterocycles. The van der Waals surface area contributed by atoms with Crippen molar-refractivity contribution in [2.24, 2.45) is 19.0 Å². The predicted octanol–water partition coefficient (Wildman–Crippen LogP) is 2.86. The number of amidine groups is 2. The van der Waals surface area contributed by atoms with E-state index in [1.54, 1.807) is 21.6 Å². The maximum absolute atomic E-state index is 4.06. The topological polar surface area (TPSA) is 49.4 Å². The molecule has 2 rings (SSSR count). The van der Waals surface area contributed by atoms with Crippen LogP contribution in [0, 0.1) is 0 Å². The van der Waals surface area contributed by atoms with E-state index in [4.69, 9.17) is 0 Å². The van der Waals surface area contributed by atoms with Gasteiger partial charge in [0.2, 0.25) is 0 Å². The van der Waals surface area contributed by atoms with E-state index >= 15 is 0 Å². The molecule has 0 bridgehead atoms. The van der Waals surface area contributed by atoms with Crippen molar-refractivity contribution in [3.05, 3.63) is 0 Å². The van der Waals surface area contributed by atoms with Crippen LogP contribution in [0.1, 0.15) is 0 Å². The van der Waals surface area contributed by atoms with Gasteiger partial charge in [-0.1, -0.05) is 21.6 Å². The van der Waals surface area contributed by atoms with E-state index in [-0.39, 0.29) is 0 Å². The monoisotopic (exact) mass is 236 g/mol. The summed E-state index contributed by atoms with van der Waals surface area (Å²) < 4.78 is 8.13. The van der Waals surface area contributed by atoms with E-state index in [1.165, 1.54) is 22.0 Å². The van der Waals surface area contributed by atoms with Crippen molar-refractivity contribution in [2.45, 2.75) is 0 Å². The first-order chi connectivity index (χ1) is 5.95. The molecule has 0 atom stereocenters. The van der Waals surface area contributed by atoms with Crippen LogP contribution in [-0.4, -0.2) is 23.2 Å². The molecule has 0 N–H and O–H groups in total. The summed E-state index contributed by atoms with van der Waals surface area (Å²) in [5.74, 6) is 3.30. The Morgan fingerprint density at radius 2 is 1.42 bits per heavy atom. The normalized spacial score (nSPS) is 23.3. The fourth-order valence-electron chi connectivity index (χ4n) is 0.559. The minimum atomic E-state index is 0.801. The van der Waals surface area contributed by atoms with Gasteiger partial charge in [-0.15, -0.1) is 10.2 Å². The Balaban J connectivity index is 1.92. The van der Waals surface area contributed by atoms with Crippen molar-refractivity contribution in [1.82, 2.24) is 0 Å². The van der Waals surface area contributed by atoms with Crippen LogP contribution in [0.3, 0.4) is 0 Å². The largest absolute Gasteiger partial charge is 0.187 e. The molecule has 0 unspecified atom stereocenters. The summed E-state index contributed by atoms with van der Waals surface area (Å²) in [6, 6.07) is 0. The van der Waals surface area contributed by atoms with Crippen LogP contribution in [0.15, 0.2) is 19.0 Å². The molecule has 64 valence electrons. The Labute approximate surface area is 85.6 Å². The van der Waals surface area contributed by atoms with Crippen LogP contribution in [0.2, 0.25) is 0 Å². The highest BCUT2D eigenvalue weighted by Crippen LogP contribution is 2.31. The summed E-state index contributed by atoms with van der Waals surface area (Å²) in [4.78, 5) is 0. The zero-order valence-electron chi connectivity index (χ0n) is 5.84. The molecule has 2 aliphatic heterocycles. The van der Waals surface area contributed by atoms with Crippen molar-refractivity contribution in [1.29, 1.82) is 0 Å². The second-order valence-electron chi connectivity index (χ2n) is 1.89. The van der Waals surface area contributed by atoms with Gasteiger partial charge in [0.25, 0.3) is 0 Å². The lowest BCUT2D eigenvalue weighted by atomic mass is 10.7. The molecule has 0 saturated carbocycles. The number of azo groups is 1. The van der Waals surface area contributed by atoms with Gasteiger partial charge in [0.05, 0.1) is 11.5 Å². The summed E-state index contributed by atoms with van der Waals surface area (Å²) in [5, 5.41) is 7.96. The lowest BCUT2D eigenvalue weighted by Crippen LogP contribution is -1.95. The second-order valence-corrected chi connectivity index (χ2v) is 5.91. The van der Waals surface area contributed by atoms with Gasteiger partial charge in [0.1, 0.15) is 0 Å². The van der Waals surface area contributed by atoms with Gasteiger partial charge in [0.15, 0.2) is 11.7 Å². The Kier molecular flexibility index (Phi) is 3.37. The third kappa shape index (κ3) is 2.41. The molecule has 0 fully saturated rings. The average Bonchev–Trinajstić information content (AvgIpc) is 2.74. The van der Waals surface area contributed by atoms with Gasteiger partial charge in [-0.05, 0) is 0 Å². The van der Waals surface area contributed by atoms with Crippen molar-refractivity contribution >= 4 is 55.2 Å². The second kappa shape index (κ2) is 4.54. The molecular weight excluding hydrogens is 232 g/mol. The Hall–Kier alpha value is 0.340. The van der Waals surface area contributed by atoms with Crippen LogP contribution < -0.4 is 0 Å². The lowest BCUT2D eigenvalue weighted by Gasteiger charge is -1.85. The van der Waals surface area contributed by atoms with Gasteiger partial charge < -0.3 is 0 Å². The zero-order valence-corrected chi connectivity index (χ0v) is 9.10. The van der Waals surface area contributed by atoms with Gasteiger partial charge in [-0.25, -0.2) is 0 Å². The highest BCUT2D eigenvalue weighted by molar-refractivity contribution is 8.77. The molecule has 12 heavy (non-hydrogen) atoms. The van der Waals surface area contributed by atoms with Gasteiger partial charge in [0, 0.05) is 22.0 Å². The van der Waals surface area contributed by atoms with Crippen LogP contribution in [-0.2, 0) is 0 Å². The minimum Gasteiger partial charge on any atom is -0.187 e. The van der Waals surface area contributed by atoms with Gasteiger partial charge in [-0.2, -0.15) is 8.80 Å².